The van der Waals surface area contributed by atoms with Gasteiger partial charge in [0.2, 0.25) is 0 Å². The topological polar surface area (TPSA) is 106 Å². The molecule has 1 aliphatic rings. The molecule has 8 nitrogen and oxygen atoms in total. The first-order chi connectivity index (χ1) is 17.3. The molecule has 1 aliphatic heterocycles. The number of hydrogen-bond donors (Lipinski definition) is 1. The summed E-state index contributed by atoms with van der Waals surface area (Å²) in [4.78, 5) is 44.8. The maximum absolute atomic E-state index is 13.3. The molecular weight excluding hydrogens is 480 g/mol. The van der Waals surface area contributed by atoms with Crippen LogP contribution in [0, 0.1) is 6.92 Å². The molecule has 1 amide bonds. The van der Waals surface area contributed by atoms with Crippen molar-refractivity contribution in [3.05, 3.63) is 75.8 Å². The van der Waals surface area contributed by atoms with E-state index in [4.69, 9.17) is 9.47 Å². The van der Waals surface area contributed by atoms with Crippen LogP contribution in [-0.4, -0.2) is 41.3 Å². The normalized spacial score (nSPS) is 16.9. The molecule has 2 aromatic carbocycles. The summed E-state index contributed by atoms with van der Waals surface area (Å²) < 4.78 is 11.0. The second-order valence-corrected chi connectivity index (χ2v) is 9.26. The first-order valence-corrected chi connectivity index (χ1v) is 12.2. The van der Waals surface area contributed by atoms with E-state index in [9.17, 15) is 19.5 Å². The van der Waals surface area contributed by atoms with E-state index in [0.29, 0.717) is 39.8 Å². The molecule has 1 aromatic heterocycles. The third kappa shape index (κ3) is 4.61. The Hall–Kier alpha value is -3.98. The van der Waals surface area contributed by atoms with Crippen molar-refractivity contribution in [2.45, 2.75) is 33.2 Å². The largest absolute Gasteiger partial charge is 0.507 e. The highest BCUT2D eigenvalue weighted by molar-refractivity contribution is 7.18. The van der Waals surface area contributed by atoms with E-state index in [-0.39, 0.29) is 22.2 Å². The Balaban J connectivity index is 1.91. The summed E-state index contributed by atoms with van der Waals surface area (Å²) in [6.45, 7) is 5.60. The fourth-order valence-electron chi connectivity index (χ4n) is 4.06. The van der Waals surface area contributed by atoms with Gasteiger partial charge < -0.3 is 14.6 Å². The highest BCUT2D eigenvalue weighted by atomic mass is 32.1. The Bertz CT molecular complexity index is 1360. The van der Waals surface area contributed by atoms with Crippen molar-refractivity contribution in [2.24, 2.45) is 0 Å². The molecule has 1 unspecified atom stereocenters. The SMILES string of the molecule is CCCOc1cccc(C2C(=C(O)c3ccc(OC)cc3)C(=O)C(=O)N2c2nc(C)c(C(C)=O)s2)c1. The van der Waals surface area contributed by atoms with Gasteiger partial charge in [-0.1, -0.05) is 30.4 Å². The van der Waals surface area contributed by atoms with Gasteiger partial charge in [-0.05, 0) is 55.3 Å². The van der Waals surface area contributed by atoms with E-state index in [2.05, 4.69) is 4.98 Å². The van der Waals surface area contributed by atoms with Crippen molar-refractivity contribution in [3.63, 3.8) is 0 Å². The van der Waals surface area contributed by atoms with Crippen molar-refractivity contribution < 1.29 is 29.0 Å². The molecule has 1 fully saturated rings. The van der Waals surface area contributed by atoms with Crippen LogP contribution in [0.25, 0.3) is 5.76 Å². The van der Waals surface area contributed by atoms with Gasteiger partial charge in [-0.2, -0.15) is 0 Å². The van der Waals surface area contributed by atoms with Crippen LogP contribution in [0.5, 0.6) is 11.5 Å². The number of ether oxygens (including phenoxy) is 2. The number of benzene rings is 2. The lowest BCUT2D eigenvalue weighted by molar-refractivity contribution is -0.132. The lowest BCUT2D eigenvalue weighted by Crippen LogP contribution is -2.29. The van der Waals surface area contributed by atoms with E-state index in [1.165, 1.54) is 18.9 Å². The molecule has 0 radical (unpaired) electrons. The van der Waals surface area contributed by atoms with Crippen molar-refractivity contribution in [3.8, 4) is 11.5 Å². The standard InChI is InChI=1S/C27H26N2O6S/c1-5-13-35-20-8-6-7-18(14-20)22-21(23(31)17-9-11-19(34-4)12-10-17)24(32)26(33)29(22)27-28-15(2)25(36-27)16(3)30/h6-12,14,22,31H,5,13H2,1-4H3. The minimum atomic E-state index is -0.970. The molecule has 36 heavy (non-hydrogen) atoms. The maximum Gasteiger partial charge on any atom is 0.301 e. The van der Waals surface area contributed by atoms with Crippen LogP contribution in [0.1, 0.15) is 52.8 Å². The summed E-state index contributed by atoms with van der Waals surface area (Å²) in [5.41, 5.74) is 1.32. The van der Waals surface area contributed by atoms with Gasteiger partial charge in [-0.25, -0.2) is 4.98 Å². The number of aromatic nitrogens is 1. The molecule has 2 heterocycles. The summed E-state index contributed by atoms with van der Waals surface area (Å²) in [7, 11) is 1.53. The molecule has 1 saturated heterocycles. The summed E-state index contributed by atoms with van der Waals surface area (Å²) in [5.74, 6) is -1.02. The van der Waals surface area contributed by atoms with Crippen molar-refractivity contribution in [2.75, 3.05) is 18.6 Å². The van der Waals surface area contributed by atoms with E-state index in [1.54, 1.807) is 55.5 Å². The van der Waals surface area contributed by atoms with Crippen molar-refractivity contribution >= 4 is 39.7 Å². The number of hydrogen-bond acceptors (Lipinski definition) is 8. The number of amides is 1. The summed E-state index contributed by atoms with van der Waals surface area (Å²) >= 11 is 1.04. The summed E-state index contributed by atoms with van der Waals surface area (Å²) in [6, 6.07) is 12.6. The fourth-order valence-corrected chi connectivity index (χ4v) is 5.04. The monoisotopic (exact) mass is 506 g/mol. The van der Waals surface area contributed by atoms with Crippen LogP contribution < -0.4 is 14.4 Å². The predicted molar refractivity (Wildman–Crippen MR) is 137 cm³/mol. The Morgan fingerprint density at radius 2 is 1.86 bits per heavy atom. The van der Waals surface area contributed by atoms with Crippen LogP contribution in [0.15, 0.2) is 54.1 Å². The highest BCUT2D eigenvalue weighted by Crippen LogP contribution is 2.44. The Labute approximate surface area is 212 Å². The lowest BCUT2D eigenvalue weighted by Gasteiger charge is -2.23. The molecule has 0 aliphatic carbocycles. The minimum absolute atomic E-state index is 0.0740. The van der Waals surface area contributed by atoms with Crippen LogP contribution in [-0.2, 0) is 9.59 Å². The van der Waals surface area contributed by atoms with Gasteiger partial charge in [0.1, 0.15) is 17.3 Å². The third-order valence-electron chi connectivity index (χ3n) is 5.77. The highest BCUT2D eigenvalue weighted by Gasteiger charge is 2.48. The zero-order chi connectivity index (χ0) is 26.0. The summed E-state index contributed by atoms with van der Waals surface area (Å²) in [5, 5.41) is 11.5. The van der Waals surface area contributed by atoms with Crippen molar-refractivity contribution in [1.82, 2.24) is 4.98 Å². The third-order valence-corrected chi connectivity index (χ3v) is 7.02. The maximum atomic E-state index is 13.3. The predicted octanol–water partition coefficient (Wildman–Crippen LogP) is 5.08. The Kier molecular flexibility index (Phi) is 7.21. The molecule has 1 N–H and O–H groups in total. The number of rotatable bonds is 8. The Morgan fingerprint density at radius 3 is 2.47 bits per heavy atom. The van der Waals surface area contributed by atoms with Gasteiger partial charge in [-0.3, -0.25) is 19.3 Å². The molecular formula is C27H26N2O6S. The Morgan fingerprint density at radius 1 is 1.14 bits per heavy atom. The number of aryl methyl sites for hydroxylation is 1. The number of methoxy groups -OCH3 is 1. The van der Waals surface area contributed by atoms with Crippen molar-refractivity contribution in [1.29, 1.82) is 0 Å². The van der Waals surface area contributed by atoms with E-state index >= 15 is 0 Å². The number of carbonyl (C=O) groups excluding carboxylic acids is 3. The van der Waals surface area contributed by atoms with Gasteiger partial charge in [0.25, 0.3) is 5.78 Å². The van der Waals surface area contributed by atoms with Gasteiger partial charge in [-0.15, -0.1) is 0 Å². The van der Waals surface area contributed by atoms with Gasteiger partial charge in [0.05, 0.1) is 35.9 Å². The quantitative estimate of drug-likeness (QED) is 0.197. The molecule has 0 spiro atoms. The first-order valence-electron chi connectivity index (χ1n) is 11.4. The van der Waals surface area contributed by atoms with E-state index < -0.39 is 17.7 Å². The zero-order valence-electron chi connectivity index (χ0n) is 20.4. The second-order valence-electron chi connectivity index (χ2n) is 8.29. The molecule has 9 heteroatoms. The van der Waals surface area contributed by atoms with Crippen LogP contribution >= 0.6 is 11.3 Å². The zero-order valence-corrected chi connectivity index (χ0v) is 21.2. The van der Waals surface area contributed by atoms with E-state index in [0.717, 1.165) is 17.8 Å². The average Bonchev–Trinajstić information content (AvgIpc) is 3.39. The second kappa shape index (κ2) is 10.3. The first kappa shape index (κ1) is 25.1. The molecule has 0 saturated carbocycles. The lowest BCUT2D eigenvalue weighted by atomic mass is 9.95. The average molecular weight is 507 g/mol. The van der Waals surface area contributed by atoms with Crippen LogP contribution in [0.2, 0.25) is 0 Å². The van der Waals surface area contributed by atoms with E-state index in [1.807, 2.05) is 6.92 Å². The van der Waals surface area contributed by atoms with Gasteiger partial charge >= 0.3 is 5.91 Å². The number of aliphatic hydroxyl groups excluding tert-OH is 1. The number of anilines is 1. The molecule has 1 atom stereocenters. The molecule has 0 bridgehead atoms. The minimum Gasteiger partial charge on any atom is -0.507 e. The van der Waals surface area contributed by atoms with Gasteiger partial charge in [0.15, 0.2) is 10.9 Å². The molecule has 4 rings (SSSR count). The fraction of sp³-hybridized carbons (Fsp3) is 0.259. The summed E-state index contributed by atoms with van der Waals surface area (Å²) in [6.07, 6.45) is 0.812. The number of thiazole rings is 1. The van der Waals surface area contributed by atoms with Crippen LogP contribution in [0.4, 0.5) is 5.13 Å². The van der Waals surface area contributed by atoms with Gasteiger partial charge in [0, 0.05) is 12.5 Å². The van der Waals surface area contributed by atoms with Crippen LogP contribution in [0.3, 0.4) is 0 Å². The number of ketones is 2. The number of carbonyl (C=O) groups is 3. The smallest absolute Gasteiger partial charge is 0.301 e. The number of aliphatic hydroxyl groups is 1. The molecule has 186 valence electrons. The number of nitrogens with zero attached hydrogens (tertiary/aromatic N) is 2. The number of Topliss-reactive ketones (excluding diaryl/α,β-unsaturated/α-hetero) is 2. The molecule has 3 aromatic rings.